The minimum Gasteiger partial charge on any atom is -0.489 e. The number of para-hydroxylation sites is 1. The molecular formula is C39H43ClN2O8S. The van der Waals surface area contributed by atoms with Gasteiger partial charge in [0.2, 0.25) is 0 Å². The minimum absolute atomic E-state index is 0.00377. The number of nitro groups is 1. The number of nitro benzene ring substituents is 1. The largest absolute Gasteiger partial charge is 0.489 e. The van der Waals surface area contributed by atoms with E-state index in [9.17, 15) is 20.0 Å². The van der Waals surface area contributed by atoms with Gasteiger partial charge in [0.15, 0.2) is 6.29 Å². The van der Waals surface area contributed by atoms with E-state index in [1.54, 1.807) is 52.4 Å². The van der Waals surface area contributed by atoms with Crippen LogP contribution in [0.3, 0.4) is 0 Å². The zero-order chi connectivity index (χ0) is 36.8. The van der Waals surface area contributed by atoms with Gasteiger partial charge in [-0.15, -0.1) is 0 Å². The first-order valence-electron chi connectivity index (χ1n) is 16.6. The third kappa shape index (κ3) is 9.81. The van der Waals surface area contributed by atoms with Crippen LogP contribution in [0.25, 0.3) is 0 Å². The van der Waals surface area contributed by atoms with Crippen molar-refractivity contribution in [3.05, 3.63) is 129 Å². The van der Waals surface area contributed by atoms with E-state index >= 15 is 0 Å². The summed E-state index contributed by atoms with van der Waals surface area (Å²) in [6.07, 6.45) is -1.49. The number of aliphatic hydroxyl groups excluding tert-OH is 1. The lowest BCUT2D eigenvalue weighted by atomic mass is 9.90. The lowest BCUT2D eigenvalue weighted by molar-refractivity contribution is -0.387. The van der Waals surface area contributed by atoms with E-state index in [0.717, 1.165) is 26.7 Å². The first-order chi connectivity index (χ1) is 24.2. The molecule has 10 nitrogen and oxygen atoms in total. The summed E-state index contributed by atoms with van der Waals surface area (Å²) in [5.41, 5.74) is -1.34. The van der Waals surface area contributed by atoms with Gasteiger partial charge in [0.05, 0.1) is 29.2 Å². The maximum atomic E-state index is 13.8. The van der Waals surface area contributed by atoms with Crippen LogP contribution in [0.1, 0.15) is 64.0 Å². The highest BCUT2D eigenvalue weighted by atomic mass is 35.5. The van der Waals surface area contributed by atoms with Gasteiger partial charge in [0.1, 0.15) is 23.7 Å². The molecule has 0 saturated carbocycles. The number of aryl methyl sites for hydroxylation is 1. The van der Waals surface area contributed by atoms with Crippen molar-refractivity contribution in [3.63, 3.8) is 0 Å². The van der Waals surface area contributed by atoms with Gasteiger partial charge >= 0.3 is 6.09 Å². The molecule has 1 aliphatic heterocycles. The summed E-state index contributed by atoms with van der Waals surface area (Å²) in [4.78, 5) is 28.3. The molecule has 4 aromatic carbocycles. The van der Waals surface area contributed by atoms with Gasteiger partial charge in [-0.25, -0.2) is 4.79 Å². The monoisotopic (exact) mass is 734 g/mol. The molecule has 270 valence electrons. The molecule has 5 rings (SSSR count). The van der Waals surface area contributed by atoms with Crippen LogP contribution < -0.4 is 4.74 Å². The Labute approximate surface area is 307 Å². The SMILES string of the molecule is CC(C)(C)OC(=O)N1C(CCc2ccc(Sc3cccc(OCc4ccccc4)c3)cc2Cl)(COC(O)c2ccccc2[N+](=O)[O-])COC1(C)C. The highest BCUT2D eigenvalue weighted by Crippen LogP contribution is 2.42. The Kier molecular flexibility index (Phi) is 12.0. The second-order valence-electron chi connectivity index (χ2n) is 13.9. The fourth-order valence-corrected chi connectivity index (χ4v) is 7.19. The highest BCUT2D eigenvalue weighted by Gasteiger charge is 2.55. The van der Waals surface area contributed by atoms with Gasteiger partial charge in [-0.1, -0.05) is 78.0 Å². The number of halogens is 1. The van der Waals surface area contributed by atoms with Crippen LogP contribution in [-0.2, 0) is 27.2 Å². The summed E-state index contributed by atoms with van der Waals surface area (Å²) in [5, 5.41) is 23.2. The van der Waals surface area contributed by atoms with Crippen molar-refractivity contribution in [1.29, 1.82) is 0 Å². The molecule has 0 spiro atoms. The summed E-state index contributed by atoms with van der Waals surface area (Å²) in [7, 11) is 0. The predicted molar refractivity (Wildman–Crippen MR) is 196 cm³/mol. The Balaban J connectivity index is 1.34. The lowest BCUT2D eigenvalue weighted by Gasteiger charge is -2.42. The molecule has 4 aromatic rings. The van der Waals surface area contributed by atoms with Crippen LogP contribution in [0.2, 0.25) is 5.02 Å². The highest BCUT2D eigenvalue weighted by molar-refractivity contribution is 7.99. The molecule has 0 bridgehead atoms. The van der Waals surface area contributed by atoms with Crippen molar-refractivity contribution in [3.8, 4) is 5.75 Å². The normalized spacial score (nSPS) is 17.6. The Bertz CT molecular complexity index is 1830. The maximum absolute atomic E-state index is 13.8. The summed E-state index contributed by atoms with van der Waals surface area (Å²) in [6, 6.07) is 29.5. The maximum Gasteiger partial charge on any atom is 0.413 e. The van der Waals surface area contributed by atoms with Crippen molar-refractivity contribution in [2.24, 2.45) is 0 Å². The number of ether oxygens (including phenoxy) is 4. The van der Waals surface area contributed by atoms with E-state index in [1.807, 2.05) is 72.8 Å². The molecule has 51 heavy (non-hydrogen) atoms. The van der Waals surface area contributed by atoms with Crippen molar-refractivity contribution in [1.82, 2.24) is 4.90 Å². The Morgan fingerprint density at radius 3 is 2.43 bits per heavy atom. The van der Waals surface area contributed by atoms with Crippen molar-refractivity contribution in [2.75, 3.05) is 13.2 Å². The summed E-state index contributed by atoms with van der Waals surface area (Å²) in [6.45, 7) is 9.20. The molecule has 1 saturated heterocycles. The van der Waals surface area contributed by atoms with Gasteiger partial charge < -0.3 is 24.1 Å². The van der Waals surface area contributed by atoms with Crippen molar-refractivity contribution >= 4 is 35.1 Å². The van der Waals surface area contributed by atoms with Gasteiger partial charge in [-0.2, -0.15) is 0 Å². The zero-order valence-corrected chi connectivity index (χ0v) is 30.9. The molecule has 12 heteroatoms. The second kappa shape index (κ2) is 16.0. The van der Waals surface area contributed by atoms with E-state index in [2.05, 4.69) is 0 Å². The Morgan fingerprint density at radius 1 is 1.02 bits per heavy atom. The molecule has 0 aromatic heterocycles. The number of amides is 1. The lowest BCUT2D eigenvalue weighted by Crippen LogP contribution is -2.59. The Morgan fingerprint density at radius 2 is 1.73 bits per heavy atom. The Hall–Kier alpha value is -4.13. The molecular weight excluding hydrogens is 692 g/mol. The smallest absolute Gasteiger partial charge is 0.413 e. The number of carbonyl (C=O) groups is 1. The quantitative estimate of drug-likeness (QED) is 0.0814. The van der Waals surface area contributed by atoms with Crippen LogP contribution in [0.5, 0.6) is 5.75 Å². The molecule has 1 heterocycles. The summed E-state index contributed by atoms with van der Waals surface area (Å²) in [5.74, 6) is 0.766. The van der Waals surface area contributed by atoms with E-state index in [4.69, 9.17) is 30.5 Å². The summed E-state index contributed by atoms with van der Waals surface area (Å²) >= 11 is 8.42. The number of aliphatic hydroxyl groups is 1. The third-order valence-electron chi connectivity index (χ3n) is 8.37. The topological polar surface area (TPSA) is 121 Å². The fraction of sp³-hybridized carbons (Fsp3) is 0.359. The molecule has 1 aliphatic rings. The molecule has 2 unspecified atom stereocenters. The van der Waals surface area contributed by atoms with Crippen LogP contribution in [0.15, 0.2) is 107 Å². The van der Waals surface area contributed by atoms with Gasteiger partial charge in [0, 0.05) is 20.9 Å². The van der Waals surface area contributed by atoms with Crippen molar-refractivity contribution in [2.45, 2.75) is 87.0 Å². The third-order valence-corrected chi connectivity index (χ3v) is 9.70. The van der Waals surface area contributed by atoms with Crippen LogP contribution in [0.4, 0.5) is 10.5 Å². The standard InChI is InChI=1S/C39H43ClN2O8S/c1-37(2,3)50-36(44)41-38(4,5)49-26-39(41,25-48-35(43)32-16-9-10-17-34(32)42(45)46)21-20-28-18-19-31(23-33(28)40)51-30-15-11-14-29(22-30)47-24-27-12-7-6-8-13-27/h6-19,22-23,35,43H,20-21,24-26H2,1-5H3. The average molecular weight is 735 g/mol. The first kappa shape index (κ1) is 38.1. The van der Waals surface area contributed by atoms with Gasteiger partial charge in [0.25, 0.3) is 5.69 Å². The molecule has 2 atom stereocenters. The van der Waals surface area contributed by atoms with Gasteiger partial charge in [-0.05, 0) is 95.0 Å². The molecule has 1 fully saturated rings. The first-order valence-corrected chi connectivity index (χ1v) is 17.8. The van der Waals surface area contributed by atoms with E-state index < -0.39 is 34.2 Å². The van der Waals surface area contributed by atoms with E-state index in [-0.39, 0.29) is 24.5 Å². The number of hydrogen-bond acceptors (Lipinski definition) is 9. The van der Waals surface area contributed by atoms with Crippen LogP contribution >= 0.6 is 23.4 Å². The van der Waals surface area contributed by atoms with E-state index in [1.165, 1.54) is 23.1 Å². The second-order valence-corrected chi connectivity index (χ2v) is 15.4. The number of nitrogens with zero attached hydrogens (tertiary/aromatic N) is 2. The number of carbonyl (C=O) groups excluding carboxylic acids is 1. The molecule has 0 aliphatic carbocycles. The van der Waals surface area contributed by atoms with Crippen LogP contribution in [-0.4, -0.2) is 51.1 Å². The van der Waals surface area contributed by atoms with Gasteiger partial charge in [-0.3, -0.25) is 15.0 Å². The predicted octanol–water partition coefficient (Wildman–Crippen LogP) is 9.36. The number of benzene rings is 4. The average Bonchev–Trinajstić information content (AvgIpc) is 3.35. The minimum atomic E-state index is -1.63. The fourth-order valence-electron chi connectivity index (χ4n) is 5.95. The van der Waals surface area contributed by atoms with Crippen molar-refractivity contribution < 1.29 is 33.8 Å². The molecule has 1 N–H and O–H groups in total. The summed E-state index contributed by atoms with van der Waals surface area (Å²) < 4.78 is 23.9. The number of hydrogen-bond donors (Lipinski definition) is 1. The molecule has 1 amide bonds. The molecule has 0 radical (unpaired) electrons. The zero-order valence-electron chi connectivity index (χ0n) is 29.3. The van der Waals surface area contributed by atoms with E-state index in [0.29, 0.717) is 24.5 Å². The van der Waals surface area contributed by atoms with Crippen LogP contribution in [0, 0.1) is 10.1 Å². The number of rotatable bonds is 13.